The lowest BCUT2D eigenvalue weighted by molar-refractivity contribution is -0.384. The maximum absolute atomic E-state index is 12.9. The molecule has 1 N–H and O–H groups in total. The van der Waals surface area contributed by atoms with Crippen molar-refractivity contribution in [1.29, 1.82) is 0 Å². The largest absolute Gasteiger partial charge is 0.330 e. The molecule has 1 aliphatic rings. The molecule has 1 aromatic carbocycles. The van der Waals surface area contributed by atoms with Crippen molar-refractivity contribution in [2.24, 2.45) is 14.1 Å². The van der Waals surface area contributed by atoms with E-state index in [4.69, 9.17) is 0 Å². The van der Waals surface area contributed by atoms with Crippen LogP contribution in [0.1, 0.15) is 18.2 Å². The van der Waals surface area contributed by atoms with E-state index in [9.17, 15) is 29.3 Å². The van der Waals surface area contributed by atoms with Gasteiger partial charge in [0.2, 0.25) is 0 Å². The van der Waals surface area contributed by atoms with Gasteiger partial charge in [0.1, 0.15) is 5.54 Å². The van der Waals surface area contributed by atoms with Crippen LogP contribution in [0.4, 0.5) is 10.5 Å². The molecule has 1 aromatic heterocycles. The van der Waals surface area contributed by atoms with Crippen molar-refractivity contribution in [3.05, 3.63) is 72.5 Å². The molecule has 3 rings (SSSR count). The van der Waals surface area contributed by atoms with E-state index in [2.05, 4.69) is 5.32 Å². The first-order valence-electron chi connectivity index (χ1n) is 8.21. The Hall–Kier alpha value is -3.76. The van der Waals surface area contributed by atoms with Crippen LogP contribution in [0.25, 0.3) is 0 Å². The molecule has 0 spiro atoms. The van der Waals surface area contributed by atoms with E-state index in [-0.39, 0.29) is 17.9 Å². The van der Waals surface area contributed by atoms with Gasteiger partial charge in [0, 0.05) is 38.0 Å². The second-order valence-electron chi connectivity index (χ2n) is 6.62. The molecule has 1 aliphatic heterocycles. The summed E-state index contributed by atoms with van der Waals surface area (Å²) in [5.74, 6) is -0.598. The molecule has 11 heteroatoms. The zero-order valence-corrected chi connectivity index (χ0v) is 15.3. The predicted octanol–water partition coefficient (Wildman–Crippen LogP) is -0.0406. The summed E-state index contributed by atoms with van der Waals surface area (Å²) in [7, 11) is 2.76. The van der Waals surface area contributed by atoms with Crippen LogP contribution in [0, 0.1) is 10.1 Å². The fourth-order valence-electron chi connectivity index (χ4n) is 3.04. The number of rotatable bonds is 4. The number of carbonyl (C=O) groups is 2. The minimum Gasteiger partial charge on any atom is -0.319 e. The van der Waals surface area contributed by atoms with Crippen LogP contribution in [0.3, 0.4) is 0 Å². The SMILES string of the molecule is Cn1c(CN2C(=O)NC(C)(c3ccc([N+](=O)[O-])cc3)C2=O)cc(=O)n(C)c1=O. The zero-order valence-electron chi connectivity index (χ0n) is 15.3. The molecule has 3 amide bonds. The summed E-state index contributed by atoms with van der Waals surface area (Å²) in [6, 6.07) is 5.77. The molecule has 0 radical (unpaired) electrons. The molecular weight excluding hydrogens is 370 g/mol. The molecule has 1 saturated heterocycles. The Balaban J connectivity index is 1.95. The smallest absolute Gasteiger partial charge is 0.319 e. The fraction of sp³-hybridized carbons (Fsp3) is 0.294. The number of carbonyl (C=O) groups excluding carboxylic acids is 2. The van der Waals surface area contributed by atoms with Crippen molar-refractivity contribution in [2.45, 2.75) is 19.0 Å². The quantitative estimate of drug-likeness (QED) is 0.444. The van der Waals surface area contributed by atoms with Crippen molar-refractivity contribution in [3.63, 3.8) is 0 Å². The Labute approximate surface area is 158 Å². The molecule has 146 valence electrons. The average Bonchev–Trinajstić information content (AvgIpc) is 2.88. The second-order valence-corrected chi connectivity index (χ2v) is 6.62. The summed E-state index contributed by atoms with van der Waals surface area (Å²) >= 11 is 0. The van der Waals surface area contributed by atoms with Crippen LogP contribution in [0.5, 0.6) is 0 Å². The number of amides is 3. The summed E-state index contributed by atoms with van der Waals surface area (Å²) < 4.78 is 2.10. The van der Waals surface area contributed by atoms with Crippen molar-refractivity contribution in [3.8, 4) is 0 Å². The minimum absolute atomic E-state index is 0.142. The number of hydrogen-bond acceptors (Lipinski definition) is 6. The summed E-state index contributed by atoms with van der Waals surface area (Å²) in [6.07, 6.45) is 0. The van der Waals surface area contributed by atoms with E-state index in [1.165, 1.54) is 55.9 Å². The van der Waals surface area contributed by atoms with Gasteiger partial charge in [-0.15, -0.1) is 0 Å². The number of hydrogen-bond donors (Lipinski definition) is 1. The first-order valence-corrected chi connectivity index (χ1v) is 8.21. The number of nitro benzene ring substituents is 1. The molecule has 2 aromatic rings. The van der Waals surface area contributed by atoms with Crippen LogP contribution in [0.2, 0.25) is 0 Å². The maximum atomic E-state index is 12.9. The first kappa shape index (κ1) is 19.0. The van der Waals surface area contributed by atoms with Crippen LogP contribution in [-0.2, 0) is 31.0 Å². The monoisotopic (exact) mass is 387 g/mol. The number of nitrogens with one attached hydrogen (secondary N) is 1. The van der Waals surface area contributed by atoms with Gasteiger partial charge < -0.3 is 5.32 Å². The average molecular weight is 387 g/mol. The first-order chi connectivity index (χ1) is 13.1. The molecule has 0 bridgehead atoms. The van der Waals surface area contributed by atoms with Crippen LogP contribution < -0.4 is 16.6 Å². The highest BCUT2D eigenvalue weighted by molar-refractivity contribution is 6.07. The van der Waals surface area contributed by atoms with E-state index in [1.54, 1.807) is 0 Å². The third-order valence-corrected chi connectivity index (χ3v) is 4.88. The van der Waals surface area contributed by atoms with Gasteiger partial charge in [-0.1, -0.05) is 0 Å². The van der Waals surface area contributed by atoms with E-state index in [0.717, 1.165) is 9.47 Å². The van der Waals surface area contributed by atoms with Crippen molar-refractivity contribution < 1.29 is 14.5 Å². The highest BCUT2D eigenvalue weighted by Gasteiger charge is 2.49. The number of aromatic nitrogens is 2. The van der Waals surface area contributed by atoms with Crippen molar-refractivity contribution in [1.82, 2.24) is 19.4 Å². The Bertz CT molecular complexity index is 1120. The van der Waals surface area contributed by atoms with E-state index >= 15 is 0 Å². The van der Waals surface area contributed by atoms with Gasteiger partial charge in [-0.3, -0.25) is 33.7 Å². The molecule has 1 unspecified atom stereocenters. The predicted molar refractivity (Wildman–Crippen MR) is 96.5 cm³/mol. The highest BCUT2D eigenvalue weighted by Crippen LogP contribution is 2.30. The lowest BCUT2D eigenvalue weighted by atomic mass is 9.92. The fourth-order valence-corrected chi connectivity index (χ4v) is 3.04. The van der Waals surface area contributed by atoms with Gasteiger partial charge in [0.15, 0.2) is 0 Å². The van der Waals surface area contributed by atoms with Gasteiger partial charge in [-0.25, -0.2) is 9.59 Å². The van der Waals surface area contributed by atoms with Crippen molar-refractivity contribution in [2.75, 3.05) is 0 Å². The Kier molecular flexibility index (Phi) is 4.37. The number of nitrogens with zero attached hydrogens (tertiary/aromatic N) is 4. The molecule has 11 nitrogen and oxygen atoms in total. The van der Waals surface area contributed by atoms with E-state index in [0.29, 0.717) is 5.56 Å². The third kappa shape index (κ3) is 2.86. The number of urea groups is 1. The summed E-state index contributed by atoms with van der Waals surface area (Å²) in [5, 5.41) is 13.4. The van der Waals surface area contributed by atoms with E-state index < -0.39 is 33.6 Å². The van der Waals surface area contributed by atoms with E-state index in [1.807, 2.05) is 0 Å². The minimum atomic E-state index is -1.43. The Morgan fingerprint density at radius 3 is 2.25 bits per heavy atom. The van der Waals surface area contributed by atoms with Crippen LogP contribution in [0.15, 0.2) is 39.9 Å². The lowest BCUT2D eigenvalue weighted by Gasteiger charge is -2.22. The topological polar surface area (TPSA) is 137 Å². The molecule has 0 saturated carbocycles. The number of imide groups is 1. The summed E-state index contributed by atoms with van der Waals surface area (Å²) in [6.45, 7) is 1.21. The van der Waals surface area contributed by atoms with Gasteiger partial charge >= 0.3 is 11.7 Å². The molecule has 1 fully saturated rings. The maximum Gasteiger partial charge on any atom is 0.330 e. The van der Waals surface area contributed by atoms with Gasteiger partial charge in [0.25, 0.3) is 17.2 Å². The van der Waals surface area contributed by atoms with Crippen LogP contribution in [-0.4, -0.2) is 30.9 Å². The molecule has 28 heavy (non-hydrogen) atoms. The zero-order chi connectivity index (χ0) is 20.8. The van der Waals surface area contributed by atoms with Crippen LogP contribution >= 0.6 is 0 Å². The standard InChI is InChI=1S/C17H17N5O6/c1-17(10-4-6-11(7-5-10)22(27)28)14(24)21(15(25)18-17)9-12-8-13(23)20(3)16(26)19(12)2/h4-8H,9H2,1-3H3,(H,18,25). The Morgan fingerprint density at radius 2 is 1.68 bits per heavy atom. The normalized spacial score (nSPS) is 19.0. The third-order valence-electron chi connectivity index (χ3n) is 4.88. The number of nitro groups is 1. The highest BCUT2D eigenvalue weighted by atomic mass is 16.6. The molecular formula is C17H17N5O6. The molecule has 1 atom stereocenters. The van der Waals surface area contributed by atoms with Crippen molar-refractivity contribution >= 4 is 17.6 Å². The second kappa shape index (κ2) is 6.44. The summed E-state index contributed by atoms with van der Waals surface area (Å²) in [5.41, 5.74) is -2.13. The van der Waals surface area contributed by atoms with Gasteiger partial charge in [-0.05, 0) is 24.6 Å². The summed E-state index contributed by atoms with van der Waals surface area (Å²) in [4.78, 5) is 60.4. The Morgan fingerprint density at radius 1 is 1.07 bits per heavy atom. The number of benzene rings is 1. The molecule has 2 heterocycles. The lowest BCUT2D eigenvalue weighted by Crippen LogP contribution is -2.42. The van der Waals surface area contributed by atoms with Gasteiger partial charge in [-0.2, -0.15) is 0 Å². The number of non-ortho nitro benzene ring substituents is 1. The molecule has 0 aliphatic carbocycles. The van der Waals surface area contributed by atoms with Gasteiger partial charge in [0.05, 0.1) is 11.5 Å².